The van der Waals surface area contributed by atoms with Crippen LogP contribution in [0.5, 0.6) is 0 Å². The van der Waals surface area contributed by atoms with Gasteiger partial charge in [-0.3, -0.25) is 0 Å². The van der Waals surface area contributed by atoms with E-state index in [4.69, 9.17) is 5.73 Å². The summed E-state index contributed by atoms with van der Waals surface area (Å²) in [5, 5.41) is 9.21. The molecular formula is C10H22N2O. The number of nitrogens with two attached hydrogens (primary N) is 1. The van der Waals surface area contributed by atoms with Crippen LogP contribution in [0.25, 0.3) is 0 Å². The first kappa shape index (κ1) is 11.0. The second-order valence-electron chi connectivity index (χ2n) is 4.35. The lowest BCUT2D eigenvalue weighted by Gasteiger charge is -2.34. The standard InChI is InChI=1S/C10H22N2O/c1-8(13)7-12-5-3-10(4-6-12)9(2)11/h8-10,13H,3-7,11H2,1-2H3. The maximum absolute atomic E-state index is 9.21. The number of aliphatic hydroxyl groups is 1. The molecule has 0 spiro atoms. The normalized spacial score (nSPS) is 25.8. The summed E-state index contributed by atoms with van der Waals surface area (Å²) in [4.78, 5) is 2.32. The minimum atomic E-state index is -0.202. The van der Waals surface area contributed by atoms with Gasteiger partial charge >= 0.3 is 0 Å². The lowest BCUT2D eigenvalue weighted by atomic mass is 9.91. The fraction of sp³-hybridized carbons (Fsp3) is 1.00. The van der Waals surface area contributed by atoms with Crippen molar-refractivity contribution in [2.24, 2.45) is 11.7 Å². The molecule has 2 atom stereocenters. The molecule has 2 unspecified atom stereocenters. The van der Waals surface area contributed by atoms with Crippen LogP contribution in [-0.4, -0.2) is 41.8 Å². The Morgan fingerprint density at radius 2 is 1.92 bits per heavy atom. The minimum Gasteiger partial charge on any atom is -0.392 e. The van der Waals surface area contributed by atoms with Crippen molar-refractivity contribution in [3.8, 4) is 0 Å². The molecule has 0 aromatic carbocycles. The van der Waals surface area contributed by atoms with Gasteiger partial charge in [-0.05, 0) is 45.7 Å². The van der Waals surface area contributed by atoms with E-state index in [9.17, 15) is 5.11 Å². The number of nitrogens with zero attached hydrogens (tertiary/aromatic N) is 1. The van der Waals surface area contributed by atoms with Gasteiger partial charge in [-0.15, -0.1) is 0 Å². The van der Waals surface area contributed by atoms with Gasteiger partial charge in [0, 0.05) is 12.6 Å². The van der Waals surface area contributed by atoms with Crippen LogP contribution in [-0.2, 0) is 0 Å². The summed E-state index contributed by atoms with van der Waals surface area (Å²) >= 11 is 0. The molecule has 1 heterocycles. The number of hydrogen-bond donors (Lipinski definition) is 2. The highest BCUT2D eigenvalue weighted by molar-refractivity contribution is 4.77. The van der Waals surface area contributed by atoms with E-state index in [-0.39, 0.29) is 6.10 Å². The van der Waals surface area contributed by atoms with Gasteiger partial charge in [-0.2, -0.15) is 0 Å². The van der Waals surface area contributed by atoms with Crippen molar-refractivity contribution in [1.82, 2.24) is 4.90 Å². The molecule has 0 aliphatic carbocycles. The molecule has 0 saturated carbocycles. The highest BCUT2D eigenvalue weighted by Crippen LogP contribution is 2.19. The minimum absolute atomic E-state index is 0.202. The summed E-state index contributed by atoms with van der Waals surface area (Å²) in [5.41, 5.74) is 5.85. The third-order valence-corrected chi connectivity index (χ3v) is 2.90. The van der Waals surface area contributed by atoms with E-state index < -0.39 is 0 Å². The zero-order valence-corrected chi connectivity index (χ0v) is 8.74. The first-order valence-corrected chi connectivity index (χ1v) is 5.25. The largest absolute Gasteiger partial charge is 0.392 e. The average molecular weight is 186 g/mol. The highest BCUT2D eigenvalue weighted by atomic mass is 16.3. The molecule has 0 radical (unpaired) electrons. The summed E-state index contributed by atoms with van der Waals surface area (Å²) in [7, 11) is 0. The molecule has 1 saturated heterocycles. The predicted octanol–water partition coefficient (Wildman–Crippen LogP) is 0.426. The summed E-state index contributed by atoms with van der Waals surface area (Å²) in [5.74, 6) is 0.685. The molecule has 1 aliphatic heterocycles. The quantitative estimate of drug-likeness (QED) is 0.672. The molecule has 0 amide bonds. The van der Waals surface area contributed by atoms with E-state index in [2.05, 4.69) is 11.8 Å². The topological polar surface area (TPSA) is 49.5 Å². The number of rotatable bonds is 3. The molecule has 3 N–H and O–H groups in total. The van der Waals surface area contributed by atoms with Gasteiger partial charge in [0.05, 0.1) is 6.10 Å². The molecule has 3 heteroatoms. The van der Waals surface area contributed by atoms with Crippen LogP contribution in [0.2, 0.25) is 0 Å². The van der Waals surface area contributed by atoms with Crippen LogP contribution >= 0.6 is 0 Å². The Balaban J connectivity index is 2.22. The van der Waals surface area contributed by atoms with Crippen LogP contribution in [0, 0.1) is 5.92 Å². The first-order chi connectivity index (χ1) is 6.09. The molecule has 0 aromatic rings. The summed E-state index contributed by atoms with van der Waals surface area (Å²) < 4.78 is 0. The first-order valence-electron chi connectivity index (χ1n) is 5.25. The molecular weight excluding hydrogens is 164 g/mol. The van der Waals surface area contributed by atoms with Crippen molar-refractivity contribution in [2.75, 3.05) is 19.6 Å². The zero-order chi connectivity index (χ0) is 9.84. The monoisotopic (exact) mass is 186 g/mol. The second kappa shape index (κ2) is 4.94. The smallest absolute Gasteiger partial charge is 0.0639 e. The molecule has 0 bridgehead atoms. The van der Waals surface area contributed by atoms with Crippen molar-refractivity contribution in [3.05, 3.63) is 0 Å². The van der Waals surface area contributed by atoms with E-state index in [1.807, 2.05) is 6.92 Å². The molecule has 3 nitrogen and oxygen atoms in total. The summed E-state index contributed by atoms with van der Waals surface area (Å²) in [6.45, 7) is 6.94. The molecule has 1 fully saturated rings. The van der Waals surface area contributed by atoms with Gasteiger partial charge in [0.25, 0.3) is 0 Å². The number of likely N-dealkylation sites (tertiary alicyclic amines) is 1. The number of hydrogen-bond acceptors (Lipinski definition) is 3. The number of β-amino-alcohol motifs (C(OH)–C–C–N with tert-alkyl or cyclic N) is 1. The van der Waals surface area contributed by atoms with Crippen molar-refractivity contribution in [1.29, 1.82) is 0 Å². The maximum atomic E-state index is 9.21. The van der Waals surface area contributed by atoms with E-state index in [1.54, 1.807) is 0 Å². The zero-order valence-electron chi connectivity index (χ0n) is 8.74. The number of aliphatic hydroxyl groups excluding tert-OH is 1. The van der Waals surface area contributed by atoms with Gasteiger partial charge < -0.3 is 15.7 Å². The predicted molar refractivity (Wildman–Crippen MR) is 54.5 cm³/mol. The van der Waals surface area contributed by atoms with Gasteiger partial charge in [-0.1, -0.05) is 0 Å². The van der Waals surface area contributed by atoms with Crippen molar-refractivity contribution >= 4 is 0 Å². The Kier molecular flexibility index (Phi) is 4.16. The Morgan fingerprint density at radius 3 is 2.31 bits per heavy atom. The van der Waals surface area contributed by atoms with E-state index in [1.165, 1.54) is 12.8 Å². The van der Waals surface area contributed by atoms with Crippen molar-refractivity contribution < 1.29 is 5.11 Å². The van der Waals surface area contributed by atoms with Crippen LogP contribution in [0.15, 0.2) is 0 Å². The number of piperidine rings is 1. The van der Waals surface area contributed by atoms with Crippen molar-refractivity contribution in [2.45, 2.75) is 38.8 Å². The lowest BCUT2D eigenvalue weighted by molar-refractivity contribution is 0.0965. The fourth-order valence-corrected chi connectivity index (χ4v) is 2.03. The fourth-order valence-electron chi connectivity index (χ4n) is 2.03. The lowest BCUT2D eigenvalue weighted by Crippen LogP contribution is -2.42. The van der Waals surface area contributed by atoms with Crippen molar-refractivity contribution in [3.63, 3.8) is 0 Å². The van der Waals surface area contributed by atoms with Crippen LogP contribution in [0.4, 0.5) is 0 Å². The summed E-state index contributed by atoms with van der Waals surface area (Å²) in [6.07, 6.45) is 2.17. The SMILES string of the molecule is CC(O)CN1CCC(C(C)N)CC1. The molecule has 13 heavy (non-hydrogen) atoms. The van der Waals surface area contributed by atoms with Crippen LogP contribution in [0.3, 0.4) is 0 Å². The highest BCUT2D eigenvalue weighted by Gasteiger charge is 2.21. The Labute approximate surface area is 80.9 Å². The van der Waals surface area contributed by atoms with E-state index >= 15 is 0 Å². The van der Waals surface area contributed by atoms with Gasteiger partial charge in [0.15, 0.2) is 0 Å². The van der Waals surface area contributed by atoms with Crippen LogP contribution < -0.4 is 5.73 Å². The molecule has 0 aromatic heterocycles. The van der Waals surface area contributed by atoms with E-state index in [0.717, 1.165) is 19.6 Å². The molecule has 1 aliphatic rings. The maximum Gasteiger partial charge on any atom is 0.0639 e. The molecule has 78 valence electrons. The Morgan fingerprint density at radius 1 is 1.38 bits per heavy atom. The van der Waals surface area contributed by atoms with Gasteiger partial charge in [-0.25, -0.2) is 0 Å². The van der Waals surface area contributed by atoms with Crippen LogP contribution in [0.1, 0.15) is 26.7 Å². The third-order valence-electron chi connectivity index (χ3n) is 2.90. The summed E-state index contributed by atoms with van der Waals surface area (Å²) in [6, 6.07) is 0.327. The average Bonchev–Trinajstić information content (AvgIpc) is 2.04. The Bertz CT molecular complexity index is 140. The second-order valence-corrected chi connectivity index (χ2v) is 4.35. The Hall–Kier alpha value is -0.120. The van der Waals surface area contributed by atoms with Gasteiger partial charge in [0.2, 0.25) is 0 Å². The third kappa shape index (κ3) is 3.63. The van der Waals surface area contributed by atoms with Gasteiger partial charge in [0.1, 0.15) is 0 Å². The van der Waals surface area contributed by atoms with E-state index in [0.29, 0.717) is 12.0 Å². The molecule has 1 rings (SSSR count).